The zero-order valence-electron chi connectivity index (χ0n) is 6.96. The van der Waals surface area contributed by atoms with Crippen LogP contribution in [0.1, 0.15) is 6.92 Å². The maximum atomic E-state index is 11.1. The number of likely N-dealkylation sites (N-methyl/N-ethyl adjacent to an activating group) is 1. The van der Waals surface area contributed by atoms with Crippen molar-refractivity contribution in [3.8, 4) is 0 Å². The summed E-state index contributed by atoms with van der Waals surface area (Å²) in [6.07, 6.45) is 0. The van der Waals surface area contributed by atoms with Crippen molar-refractivity contribution < 1.29 is 9.59 Å². The SMILES string of the molecule is CNC(=O)C(CSS)NC(C)=O. The van der Waals surface area contributed by atoms with Gasteiger partial charge in [-0.25, -0.2) is 0 Å². The smallest absolute Gasteiger partial charge is 0.243 e. The highest BCUT2D eigenvalue weighted by Gasteiger charge is 2.16. The van der Waals surface area contributed by atoms with E-state index in [1.165, 1.54) is 24.8 Å². The molecule has 0 aliphatic carbocycles. The van der Waals surface area contributed by atoms with Gasteiger partial charge >= 0.3 is 0 Å². The fourth-order valence-electron chi connectivity index (χ4n) is 0.677. The summed E-state index contributed by atoms with van der Waals surface area (Å²) in [4.78, 5) is 21.7. The van der Waals surface area contributed by atoms with Gasteiger partial charge in [0.25, 0.3) is 0 Å². The average molecular weight is 208 g/mol. The zero-order chi connectivity index (χ0) is 9.56. The van der Waals surface area contributed by atoms with Gasteiger partial charge in [0.05, 0.1) is 0 Å². The predicted octanol–water partition coefficient (Wildman–Crippen LogP) is -0.185. The monoisotopic (exact) mass is 208 g/mol. The van der Waals surface area contributed by atoms with E-state index in [2.05, 4.69) is 22.3 Å². The molecule has 0 aromatic rings. The first-order valence-electron chi connectivity index (χ1n) is 3.37. The Morgan fingerprint density at radius 1 is 1.58 bits per heavy atom. The molecule has 0 aromatic carbocycles. The molecular formula is C6H12N2O2S2. The van der Waals surface area contributed by atoms with E-state index in [4.69, 9.17) is 0 Å². The largest absolute Gasteiger partial charge is 0.357 e. The third-order valence-electron chi connectivity index (χ3n) is 1.18. The first-order valence-corrected chi connectivity index (χ1v) is 5.40. The summed E-state index contributed by atoms with van der Waals surface area (Å²) in [7, 11) is 2.74. The van der Waals surface area contributed by atoms with Gasteiger partial charge < -0.3 is 10.6 Å². The van der Waals surface area contributed by atoms with Crippen LogP contribution in [0.2, 0.25) is 0 Å². The molecule has 0 radical (unpaired) electrons. The molecule has 0 rings (SSSR count). The fraction of sp³-hybridized carbons (Fsp3) is 0.667. The van der Waals surface area contributed by atoms with Gasteiger partial charge in [-0.1, -0.05) is 10.8 Å². The fourth-order valence-corrected chi connectivity index (χ4v) is 1.51. The van der Waals surface area contributed by atoms with Crippen LogP contribution in [0.4, 0.5) is 0 Å². The molecule has 2 N–H and O–H groups in total. The van der Waals surface area contributed by atoms with E-state index in [0.717, 1.165) is 0 Å². The van der Waals surface area contributed by atoms with Crippen LogP contribution in [0.25, 0.3) is 0 Å². The lowest BCUT2D eigenvalue weighted by Gasteiger charge is -2.13. The second-order valence-corrected chi connectivity index (χ2v) is 3.53. The number of hydrogen-bond acceptors (Lipinski definition) is 4. The second-order valence-electron chi connectivity index (χ2n) is 2.16. The molecule has 0 aliphatic heterocycles. The minimum absolute atomic E-state index is 0.202. The summed E-state index contributed by atoms with van der Waals surface area (Å²) >= 11 is 3.90. The van der Waals surface area contributed by atoms with E-state index in [0.29, 0.717) is 5.75 Å². The van der Waals surface area contributed by atoms with Gasteiger partial charge in [0.1, 0.15) is 6.04 Å². The Bertz CT molecular complexity index is 175. The number of rotatable bonds is 4. The summed E-state index contributed by atoms with van der Waals surface area (Å²) in [5.74, 6) is 0.0419. The zero-order valence-corrected chi connectivity index (χ0v) is 8.67. The molecule has 12 heavy (non-hydrogen) atoms. The van der Waals surface area contributed by atoms with Crippen LogP contribution in [0.15, 0.2) is 0 Å². The van der Waals surface area contributed by atoms with Crippen LogP contribution in [0.3, 0.4) is 0 Å². The van der Waals surface area contributed by atoms with E-state index >= 15 is 0 Å². The van der Waals surface area contributed by atoms with E-state index < -0.39 is 6.04 Å². The van der Waals surface area contributed by atoms with Gasteiger partial charge in [0, 0.05) is 19.7 Å². The number of hydrogen-bond donors (Lipinski definition) is 3. The maximum Gasteiger partial charge on any atom is 0.243 e. The molecule has 0 spiro atoms. The molecule has 0 aliphatic rings. The topological polar surface area (TPSA) is 58.2 Å². The van der Waals surface area contributed by atoms with Gasteiger partial charge in [-0.2, -0.15) is 0 Å². The number of carbonyl (C=O) groups is 2. The summed E-state index contributed by atoms with van der Waals surface area (Å²) < 4.78 is 0. The molecule has 0 fully saturated rings. The van der Waals surface area contributed by atoms with Gasteiger partial charge in [-0.3, -0.25) is 9.59 Å². The first kappa shape index (κ1) is 11.6. The van der Waals surface area contributed by atoms with Crippen molar-refractivity contribution in [3.63, 3.8) is 0 Å². The van der Waals surface area contributed by atoms with Crippen LogP contribution in [-0.2, 0) is 9.59 Å². The summed E-state index contributed by atoms with van der Waals surface area (Å²) in [6.45, 7) is 1.37. The first-order chi connectivity index (χ1) is 5.61. The minimum atomic E-state index is -0.491. The third-order valence-corrected chi connectivity index (χ3v) is 2.11. The highest BCUT2D eigenvalue weighted by molar-refractivity contribution is 8.68. The maximum absolute atomic E-state index is 11.1. The quantitative estimate of drug-likeness (QED) is 0.443. The molecule has 6 heteroatoms. The molecule has 0 aromatic heterocycles. The molecule has 0 heterocycles. The van der Waals surface area contributed by atoms with Gasteiger partial charge in [0.15, 0.2) is 0 Å². The highest BCUT2D eigenvalue weighted by atomic mass is 33.1. The molecule has 1 atom stereocenters. The van der Waals surface area contributed by atoms with Crippen LogP contribution >= 0.6 is 22.5 Å². The lowest BCUT2D eigenvalue weighted by atomic mass is 10.3. The van der Waals surface area contributed by atoms with Crippen molar-refractivity contribution >= 4 is 34.3 Å². The summed E-state index contributed by atoms with van der Waals surface area (Å²) in [5, 5.41) is 4.97. The van der Waals surface area contributed by atoms with Crippen LogP contribution < -0.4 is 10.6 Å². The number of nitrogens with one attached hydrogen (secondary N) is 2. The van der Waals surface area contributed by atoms with Crippen LogP contribution in [0, 0.1) is 0 Å². The molecule has 0 bridgehead atoms. The Kier molecular flexibility index (Phi) is 6.00. The number of amides is 2. The Labute approximate surface area is 80.7 Å². The molecule has 2 amide bonds. The standard InChI is InChI=1S/C6H12N2O2S2/c1-4(9)8-5(3-12-11)6(10)7-2/h5,11H,3H2,1-2H3,(H,7,10)(H,8,9). The normalized spacial score (nSPS) is 11.9. The Balaban J connectivity index is 4.02. The molecule has 70 valence electrons. The summed E-state index contributed by atoms with van der Waals surface area (Å²) in [5.41, 5.74) is 0. The van der Waals surface area contributed by atoms with Crippen LogP contribution in [-0.4, -0.2) is 30.7 Å². The minimum Gasteiger partial charge on any atom is -0.357 e. The number of carbonyl (C=O) groups excluding carboxylic acids is 2. The summed E-state index contributed by atoms with van der Waals surface area (Å²) in [6, 6.07) is -0.491. The van der Waals surface area contributed by atoms with Crippen molar-refractivity contribution in [2.75, 3.05) is 12.8 Å². The molecular weight excluding hydrogens is 196 g/mol. The predicted molar refractivity (Wildman–Crippen MR) is 53.1 cm³/mol. The second kappa shape index (κ2) is 6.19. The van der Waals surface area contributed by atoms with Crippen molar-refractivity contribution in [1.82, 2.24) is 10.6 Å². The van der Waals surface area contributed by atoms with Gasteiger partial charge in [-0.05, 0) is 0 Å². The van der Waals surface area contributed by atoms with E-state index in [9.17, 15) is 9.59 Å². The number of thiol groups is 1. The van der Waals surface area contributed by atoms with E-state index in [-0.39, 0.29) is 11.8 Å². The Morgan fingerprint density at radius 2 is 2.17 bits per heavy atom. The Hall–Kier alpha value is -0.360. The van der Waals surface area contributed by atoms with Crippen molar-refractivity contribution in [3.05, 3.63) is 0 Å². The van der Waals surface area contributed by atoms with Gasteiger partial charge in [0.2, 0.25) is 11.8 Å². The highest BCUT2D eigenvalue weighted by Crippen LogP contribution is 2.06. The van der Waals surface area contributed by atoms with E-state index in [1.54, 1.807) is 0 Å². The Morgan fingerprint density at radius 3 is 2.50 bits per heavy atom. The average Bonchev–Trinajstić information content (AvgIpc) is 2.01. The molecule has 4 nitrogen and oxygen atoms in total. The molecule has 0 saturated carbocycles. The van der Waals surface area contributed by atoms with Crippen molar-refractivity contribution in [1.29, 1.82) is 0 Å². The van der Waals surface area contributed by atoms with Crippen LogP contribution in [0.5, 0.6) is 0 Å². The van der Waals surface area contributed by atoms with Gasteiger partial charge in [-0.15, -0.1) is 11.7 Å². The lowest BCUT2D eigenvalue weighted by molar-refractivity contribution is -0.127. The van der Waals surface area contributed by atoms with Crippen molar-refractivity contribution in [2.24, 2.45) is 0 Å². The third kappa shape index (κ3) is 4.50. The van der Waals surface area contributed by atoms with E-state index in [1.807, 2.05) is 0 Å². The molecule has 0 saturated heterocycles. The lowest BCUT2D eigenvalue weighted by Crippen LogP contribution is -2.46. The molecule has 1 unspecified atom stereocenters. The van der Waals surface area contributed by atoms with Crippen molar-refractivity contribution in [2.45, 2.75) is 13.0 Å².